The van der Waals surface area contributed by atoms with Crippen LogP contribution in [0.2, 0.25) is 0 Å². The summed E-state index contributed by atoms with van der Waals surface area (Å²) < 4.78 is 17.2. The molecule has 8 nitrogen and oxygen atoms in total. The molecule has 0 spiro atoms. The van der Waals surface area contributed by atoms with Gasteiger partial charge in [-0.05, 0) is 64.2 Å². The van der Waals surface area contributed by atoms with Crippen LogP contribution in [-0.2, 0) is 28.6 Å². The molecule has 0 amide bonds. The van der Waals surface area contributed by atoms with Gasteiger partial charge in [-0.1, -0.05) is 152 Å². The maximum absolute atomic E-state index is 12.7. The Bertz CT molecular complexity index is 1060. The molecule has 1 N–H and O–H groups in total. The Morgan fingerprint density at radius 2 is 1.02 bits per heavy atom. The number of carbonyl (C=O) groups excluding carboxylic acids is 2. The average Bonchev–Trinajstić information content (AvgIpc) is 3.15. The quantitative estimate of drug-likeness (QED) is 0.0286. The maximum atomic E-state index is 12.7. The van der Waals surface area contributed by atoms with Gasteiger partial charge in [0, 0.05) is 19.3 Å². The largest absolute Gasteiger partial charge is 0.477 e. The number of unbranched alkanes of at least 4 members (excludes halogenated alkanes) is 18. The van der Waals surface area contributed by atoms with Gasteiger partial charge in [0.1, 0.15) is 6.61 Å². The van der Waals surface area contributed by atoms with Crippen LogP contribution >= 0.6 is 0 Å². The second kappa shape index (κ2) is 39.1. The van der Waals surface area contributed by atoms with Gasteiger partial charge in [-0.2, -0.15) is 0 Å². The number of likely N-dealkylation sites (N-methyl/N-ethyl adjacent to an activating group) is 1. The predicted molar refractivity (Wildman–Crippen MR) is 234 cm³/mol. The van der Waals surface area contributed by atoms with E-state index in [9.17, 15) is 19.5 Å². The zero-order chi connectivity index (χ0) is 41.4. The number of hydrogen-bond donors (Lipinski definition) is 1. The Balaban J connectivity index is 4.20. The summed E-state index contributed by atoms with van der Waals surface area (Å²) in [6.07, 6.45) is 46.0. The van der Waals surface area contributed by atoms with Crippen molar-refractivity contribution in [3.8, 4) is 0 Å². The first-order valence-electron chi connectivity index (χ1n) is 22.7. The van der Waals surface area contributed by atoms with E-state index >= 15 is 0 Å². The normalized spacial score (nSPS) is 13.4. The molecule has 56 heavy (non-hydrogen) atoms. The number of ether oxygens (including phenoxy) is 3. The lowest BCUT2D eigenvalue weighted by Crippen LogP contribution is -2.50. The molecule has 0 aromatic heterocycles. The average molecular weight is 789 g/mol. The fraction of sp³-hybridized carbons (Fsp3) is 0.771. The summed E-state index contributed by atoms with van der Waals surface area (Å²) in [6, 6.07) is -0.617. The Morgan fingerprint density at radius 3 is 1.55 bits per heavy atom. The second-order valence-corrected chi connectivity index (χ2v) is 16.3. The molecule has 0 heterocycles. The summed E-state index contributed by atoms with van der Waals surface area (Å²) in [5.74, 6) is -1.51. The zero-order valence-corrected chi connectivity index (χ0v) is 36.8. The lowest BCUT2D eigenvalue weighted by molar-refractivity contribution is -0.887. The highest BCUT2D eigenvalue weighted by atomic mass is 16.6. The minimum Gasteiger partial charge on any atom is -0.477 e. The number of quaternary nitrogens is 1. The molecule has 2 unspecified atom stereocenters. The van der Waals surface area contributed by atoms with E-state index in [2.05, 4.69) is 62.5 Å². The smallest absolute Gasteiger partial charge is 0.362 e. The summed E-state index contributed by atoms with van der Waals surface area (Å²) in [7, 11) is 5.52. The minimum atomic E-state index is -0.879. The Hall–Kier alpha value is -2.71. The molecule has 0 aromatic carbocycles. The standard InChI is InChI=1S/C48H85NO7/c1-6-8-10-12-14-16-17-18-19-20-21-22-23-24-25-26-27-28-29-31-33-35-37-39-47(51)56-44(42-54-41-40-45(48(52)53)49(3,4)5)43-55-46(50)38-36-34-32-30-15-13-11-9-7-2/h8,10,14,16,18-19,30,32,44-45H,6-7,9,11-13,15,17,20-29,31,33-43H2,1-5H3/p+1/b10-8+,16-14+,19-18+,32-30+. The van der Waals surface area contributed by atoms with E-state index in [-0.39, 0.29) is 36.2 Å². The molecular formula is C48H86NO7+. The number of nitrogens with zero attached hydrogens (tertiary/aromatic N) is 1. The highest BCUT2D eigenvalue weighted by molar-refractivity contribution is 5.72. The van der Waals surface area contributed by atoms with Crippen molar-refractivity contribution >= 4 is 17.9 Å². The first kappa shape index (κ1) is 53.3. The fourth-order valence-corrected chi connectivity index (χ4v) is 6.46. The Labute approximate surface area is 344 Å². The van der Waals surface area contributed by atoms with E-state index in [1.807, 2.05) is 21.1 Å². The number of carboxylic acids is 1. The van der Waals surface area contributed by atoms with Crippen molar-refractivity contribution < 1.29 is 38.2 Å². The number of carboxylic acid groups (broad SMARTS) is 1. The highest BCUT2D eigenvalue weighted by Crippen LogP contribution is 2.15. The Kier molecular flexibility index (Phi) is 37.2. The third-order valence-electron chi connectivity index (χ3n) is 9.96. The van der Waals surface area contributed by atoms with Crippen molar-refractivity contribution in [2.24, 2.45) is 0 Å². The third kappa shape index (κ3) is 36.9. The number of rotatable bonds is 40. The van der Waals surface area contributed by atoms with Crippen molar-refractivity contribution in [2.45, 2.75) is 199 Å². The van der Waals surface area contributed by atoms with Gasteiger partial charge in [0.2, 0.25) is 0 Å². The van der Waals surface area contributed by atoms with E-state index in [0.29, 0.717) is 25.7 Å². The van der Waals surface area contributed by atoms with Gasteiger partial charge >= 0.3 is 17.9 Å². The lowest BCUT2D eigenvalue weighted by atomic mass is 10.0. The number of esters is 2. The molecule has 324 valence electrons. The first-order valence-corrected chi connectivity index (χ1v) is 22.7. The van der Waals surface area contributed by atoms with Crippen LogP contribution in [-0.4, -0.2) is 80.6 Å². The maximum Gasteiger partial charge on any atom is 0.362 e. The van der Waals surface area contributed by atoms with Crippen molar-refractivity contribution in [3.63, 3.8) is 0 Å². The van der Waals surface area contributed by atoms with Gasteiger partial charge in [-0.15, -0.1) is 0 Å². The highest BCUT2D eigenvalue weighted by Gasteiger charge is 2.31. The number of hydrogen-bond acceptors (Lipinski definition) is 6. The molecule has 8 heteroatoms. The summed E-state index contributed by atoms with van der Waals surface area (Å²) in [5.41, 5.74) is 0. The van der Waals surface area contributed by atoms with Crippen LogP contribution in [0.15, 0.2) is 48.6 Å². The number of carbonyl (C=O) groups is 3. The van der Waals surface area contributed by atoms with E-state index in [1.165, 1.54) is 96.3 Å². The molecule has 0 aliphatic rings. The third-order valence-corrected chi connectivity index (χ3v) is 9.96. The van der Waals surface area contributed by atoms with Crippen molar-refractivity contribution in [2.75, 3.05) is 41.0 Å². The van der Waals surface area contributed by atoms with E-state index < -0.39 is 18.1 Å². The summed E-state index contributed by atoms with van der Waals surface area (Å²) >= 11 is 0. The van der Waals surface area contributed by atoms with Crippen LogP contribution in [0.5, 0.6) is 0 Å². The molecular weight excluding hydrogens is 703 g/mol. The number of aliphatic carboxylic acids is 1. The SMILES string of the molecule is CC/C=C/C/C=C/C/C=C/CCCCCCCCCCCCCCCC(=O)OC(COCCC(C(=O)O)[N+](C)(C)C)COC(=O)CCC/C=C/CCCCCC. The van der Waals surface area contributed by atoms with Gasteiger partial charge < -0.3 is 23.8 Å². The molecule has 0 saturated carbocycles. The molecule has 0 fully saturated rings. The molecule has 0 bridgehead atoms. The van der Waals surface area contributed by atoms with Crippen LogP contribution in [0.25, 0.3) is 0 Å². The van der Waals surface area contributed by atoms with E-state index in [4.69, 9.17) is 14.2 Å². The summed E-state index contributed by atoms with van der Waals surface area (Å²) in [5, 5.41) is 9.61. The first-order chi connectivity index (χ1) is 27.1. The molecule has 0 radical (unpaired) electrons. The van der Waals surface area contributed by atoms with Gasteiger partial charge in [0.25, 0.3) is 0 Å². The van der Waals surface area contributed by atoms with Crippen molar-refractivity contribution in [3.05, 3.63) is 48.6 Å². The van der Waals surface area contributed by atoms with Crippen LogP contribution in [0.3, 0.4) is 0 Å². The topological polar surface area (TPSA) is 99.1 Å². The van der Waals surface area contributed by atoms with Crippen LogP contribution in [0.1, 0.15) is 187 Å². The minimum absolute atomic E-state index is 0.0526. The van der Waals surface area contributed by atoms with Gasteiger partial charge in [-0.3, -0.25) is 9.59 Å². The Morgan fingerprint density at radius 1 is 0.554 bits per heavy atom. The van der Waals surface area contributed by atoms with Crippen LogP contribution in [0, 0.1) is 0 Å². The molecule has 0 aliphatic heterocycles. The lowest BCUT2D eigenvalue weighted by Gasteiger charge is -2.31. The van der Waals surface area contributed by atoms with Crippen LogP contribution < -0.4 is 0 Å². The van der Waals surface area contributed by atoms with E-state index in [0.717, 1.165) is 51.4 Å². The molecule has 0 aliphatic carbocycles. The van der Waals surface area contributed by atoms with Gasteiger partial charge in [0.05, 0.1) is 34.4 Å². The monoisotopic (exact) mass is 789 g/mol. The molecule has 2 atom stereocenters. The zero-order valence-electron chi connectivity index (χ0n) is 36.8. The summed E-state index contributed by atoms with van der Waals surface area (Å²) in [4.78, 5) is 36.9. The molecule has 0 saturated heterocycles. The van der Waals surface area contributed by atoms with Crippen molar-refractivity contribution in [1.82, 2.24) is 0 Å². The fourth-order valence-electron chi connectivity index (χ4n) is 6.46. The predicted octanol–water partition coefficient (Wildman–Crippen LogP) is 12.4. The second-order valence-electron chi connectivity index (χ2n) is 16.3. The van der Waals surface area contributed by atoms with Gasteiger partial charge in [0.15, 0.2) is 12.1 Å². The summed E-state index contributed by atoms with van der Waals surface area (Å²) in [6.45, 7) is 4.56. The van der Waals surface area contributed by atoms with Crippen molar-refractivity contribution in [1.29, 1.82) is 0 Å². The van der Waals surface area contributed by atoms with Gasteiger partial charge in [-0.25, -0.2) is 4.79 Å². The number of allylic oxidation sites excluding steroid dienone is 8. The van der Waals surface area contributed by atoms with E-state index in [1.54, 1.807) is 0 Å². The molecule has 0 rings (SSSR count). The van der Waals surface area contributed by atoms with Crippen LogP contribution in [0.4, 0.5) is 0 Å². The molecule has 0 aromatic rings.